The standard InChI is InChI=1S/C8H7BrF2INO/c9-1-5-4(3-14)2-13-7(6(5)12)8(10)11/h2,8,14H,1,3H2. The summed E-state index contributed by atoms with van der Waals surface area (Å²) in [6, 6.07) is 0. The average Bonchev–Trinajstić information content (AvgIpc) is 2.16. The zero-order valence-corrected chi connectivity index (χ0v) is 10.7. The molecule has 1 N–H and O–H groups in total. The van der Waals surface area contributed by atoms with E-state index >= 15 is 0 Å². The van der Waals surface area contributed by atoms with E-state index in [4.69, 9.17) is 5.11 Å². The molecule has 0 amide bonds. The van der Waals surface area contributed by atoms with Crippen LogP contribution in [-0.4, -0.2) is 10.1 Å². The van der Waals surface area contributed by atoms with Crippen molar-refractivity contribution in [1.29, 1.82) is 0 Å². The first-order valence-electron chi connectivity index (χ1n) is 3.73. The monoisotopic (exact) mass is 377 g/mol. The van der Waals surface area contributed by atoms with Gasteiger partial charge in [0, 0.05) is 20.7 Å². The highest BCUT2D eigenvalue weighted by Crippen LogP contribution is 2.28. The molecule has 0 saturated carbocycles. The zero-order valence-electron chi connectivity index (χ0n) is 6.98. The molecule has 0 spiro atoms. The number of halogens is 4. The fourth-order valence-corrected chi connectivity index (χ4v) is 3.09. The number of aromatic nitrogens is 1. The van der Waals surface area contributed by atoms with Crippen molar-refractivity contribution in [2.24, 2.45) is 0 Å². The van der Waals surface area contributed by atoms with Crippen LogP contribution in [0.15, 0.2) is 6.20 Å². The summed E-state index contributed by atoms with van der Waals surface area (Å²) in [5.74, 6) is 0. The predicted octanol–water partition coefficient (Wildman–Crippen LogP) is 3.01. The Balaban J connectivity index is 3.27. The summed E-state index contributed by atoms with van der Waals surface area (Å²) >= 11 is 5.02. The number of aliphatic hydroxyl groups is 1. The van der Waals surface area contributed by atoms with E-state index in [1.54, 1.807) is 0 Å². The van der Waals surface area contributed by atoms with E-state index in [2.05, 4.69) is 20.9 Å². The fraction of sp³-hybridized carbons (Fsp3) is 0.375. The summed E-state index contributed by atoms with van der Waals surface area (Å²) in [5, 5.41) is 9.39. The lowest BCUT2D eigenvalue weighted by atomic mass is 10.1. The third kappa shape index (κ3) is 2.40. The van der Waals surface area contributed by atoms with Gasteiger partial charge in [0.2, 0.25) is 0 Å². The Bertz CT molecular complexity index is 335. The second-order valence-electron chi connectivity index (χ2n) is 2.55. The molecule has 1 rings (SSSR count). The molecule has 0 aliphatic rings. The molecular formula is C8H7BrF2INO. The molecule has 0 aliphatic carbocycles. The van der Waals surface area contributed by atoms with Crippen LogP contribution in [0.2, 0.25) is 0 Å². The van der Waals surface area contributed by atoms with Gasteiger partial charge in [-0.2, -0.15) is 0 Å². The van der Waals surface area contributed by atoms with Gasteiger partial charge >= 0.3 is 0 Å². The van der Waals surface area contributed by atoms with E-state index in [0.717, 1.165) is 0 Å². The summed E-state index contributed by atoms with van der Waals surface area (Å²) in [5.41, 5.74) is 1.03. The second-order valence-corrected chi connectivity index (χ2v) is 4.19. The fourth-order valence-electron chi connectivity index (χ4n) is 1.01. The number of hydrogen-bond acceptors (Lipinski definition) is 2. The lowest BCUT2D eigenvalue weighted by Crippen LogP contribution is -2.03. The molecule has 1 aromatic rings. The van der Waals surface area contributed by atoms with E-state index in [9.17, 15) is 8.78 Å². The van der Waals surface area contributed by atoms with Gasteiger partial charge < -0.3 is 5.11 Å². The Labute approximate surface area is 102 Å². The van der Waals surface area contributed by atoms with Crippen LogP contribution in [-0.2, 0) is 11.9 Å². The predicted molar refractivity (Wildman–Crippen MR) is 60.5 cm³/mol. The van der Waals surface area contributed by atoms with Gasteiger partial charge in [0.15, 0.2) is 0 Å². The maximum atomic E-state index is 12.4. The van der Waals surface area contributed by atoms with E-state index in [0.29, 0.717) is 20.0 Å². The first-order valence-corrected chi connectivity index (χ1v) is 5.93. The quantitative estimate of drug-likeness (QED) is 0.648. The van der Waals surface area contributed by atoms with Crippen molar-refractivity contribution in [2.75, 3.05) is 0 Å². The van der Waals surface area contributed by atoms with Crippen molar-refractivity contribution in [3.8, 4) is 0 Å². The maximum Gasteiger partial charge on any atom is 0.281 e. The van der Waals surface area contributed by atoms with Gasteiger partial charge in [-0.3, -0.25) is 4.98 Å². The molecule has 0 aromatic carbocycles. The molecule has 0 bridgehead atoms. The highest BCUT2D eigenvalue weighted by molar-refractivity contribution is 14.1. The largest absolute Gasteiger partial charge is 0.392 e. The molecule has 0 fully saturated rings. The first-order chi connectivity index (χ1) is 6.61. The SMILES string of the molecule is OCc1cnc(C(F)F)c(I)c1CBr. The third-order valence-corrected chi connectivity index (χ3v) is 3.51. The van der Waals surface area contributed by atoms with Gasteiger partial charge in [0.1, 0.15) is 5.69 Å². The molecule has 1 heterocycles. The van der Waals surface area contributed by atoms with E-state index in [1.807, 2.05) is 22.6 Å². The lowest BCUT2D eigenvalue weighted by molar-refractivity contribution is 0.144. The third-order valence-electron chi connectivity index (χ3n) is 1.75. The molecule has 0 radical (unpaired) electrons. The smallest absolute Gasteiger partial charge is 0.281 e. The van der Waals surface area contributed by atoms with Crippen LogP contribution >= 0.6 is 38.5 Å². The van der Waals surface area contributed by atoms with Gasteiger partial charge in [0.25, 0.3) is 6.43 Å². The normalized spacial score (nSPS) is 11.0. The van der Waals surface area contributed by atoms with Crippen molar-refractivity contribution >= 4 is 38.5 Å². The number of alkyl halides is 3. The highest BCUT2D eigenvalue weighted by atomic mass is 127. The van der Waals surface area contributed by atoms with Crippen LogP contribution < -0.4 is 0 Å². The van der Waals surface area contributed by atoms with Crippen molar-refractivity contribution in [3.63, 3.8) is 0 Å². The minimum absolute atomic E-state index is 0.187. The number of nitrogens with zero attached hydrogens (tertiary/aromatic N) is 1. The van der Waals surface area contributed by atoms with Gasteiger partial charge in [-0.25, -0.2) is 8.78 Å². The molecule has 0 unspecified atom stereocenters. The van der Waals surface area contributed by atoms with Crippen LogP contribution in [0.5, 0.6) is 0 Å². The zero-order chi connectivity index (χ0) is 10.7. The Kier molecular flexibility index (Phi) is 4.65. The number of rotatable bonds is 3. The molecule has 0 saturated heterocycles. The molecule has 6 heteroatoms. The van der Waals surface area contributed by atoms with Crippen LogP contribution in [0.3, 0.4) is 0 Å². The summed E-state index contributed by atoms with van der Waals surface area (Å²) in [4.78, 5) is 3.62. The van der Waals surface area contributed by atoms with Crippen molar-refractivity contribution < 1.29 is 13.9 Å². The Morgan fingerprint density at radius 2 is 2.21 bits per heavy atom. The number of hydrogen-bond donors (Lipinski definition) is 1. The van der Waals surface area contributed by atoms with Crippen LogP contribution in [0.1, 0.15) is 23.2 Å². The van der Waals surface area contributed by atoms with Crippen LogP contribution in [0.25, 0.3) is 0 Å². The minimum atomic E-state index is -2.58. The molecule has 78 valence electrons. The molecular weight excluding hydrogens is 371 g/mol. The molecule has 1 aromatic heterocycles. The maximum absolute atomic E-state index is 12.4. The van der Waals surface area contributed by atoms with Crippen LogP contribution in [0, 0.1) is 3.57 Å². The van der Waals surface area contributed by atoms with E-state index < -0.39 is 6.43 Å². The Hall–Kier alpha value is 0.180. The molecule has 0 atom stereocenters. The summed E-state index contributed by atoms with van der Waals surface area (Å²) in [6.45, 7) is -0.187. The van der Waals surface area contributed by atoms with Gasteiger partial charge in [-0.05, 0) is 28.2 Å². The molecule has 14 heavy (non-hydrogen) atoms. The molecule has 2 nitrogen and oxygen atoms in total. The number of aliphatic hydroxyl groups excluding tert-OH is 1. The average molecular weight is 378 g/mol. The minimum Gasteiger partial charge on any atom is -0.392 e. The lowest BCUT2D eigenvalue weighted by Gasteiger charge is -2.10. The highest BCUT2D eigenvalue weighted by Gasteiger charge is 2.17. The Morgan fingerprint density at radius 1 is 1.57 bits per heavy atom. The van der Waals surface area contributed by atoms with Gasteiger partial charge in [-0.15, -0.1) is 0 Å². The second kappa shape index (κ2) is 5.32. The van der Waals surface area contributed by atoms with E-state index in [1.165, 1.54) is 6.20 Å². The Morgan fingerprint density at radius 3 is 2.64 bits per heavy atom. The summed E-state index contributed by atoms with van der Waals surface area (Å²) < 4.78 is 25.3. The number of pyridine rings is 1. The summed E-state index contributed by atoms with van der Waals surface area (Å²) in [7, 11) is 0. The van der Waals surface area contributed by atoms with E-state index in [-0.39, 0.29) is 12.3 Å². The van der Waals surface area contributed by atoms with Crippen molar-refractivity contribution in [2.45, 2.75) is 18.4 Å². The topological polar surface area (TPSA) is 33.1 Å². The van der Waals surface area contributed by atoms with Crippen LogP contribution in [0.4, 0.5) is 8.78 Å². The van der Waals surface area contributed by atoms with Crippen molar-refractivity contribution in [3.05, 3.63) is 26.6 Å². The van der Waals surface area contributed by atoms with Crippen molar-refractivity contribution in [1.82, 2.24) is 4.98 Å². The summed E-state index contributed by atoms with van der Waals surface area (Å²) in [6.07, 6.45) is -1.28. The van der Waals surface area contributed by atoms with Gasteiger partial charge in [-0.1, -0.05) is 15.9 Å². The van der Waals surface area contributed by atoms with Gasteiger partial charge in [0.05, 0.1) is 6.61 Å². The first kappa shape index (κ1) is 12.3. The molecule has 0 aliphatic heterocycles.